The summed E-state index contributed by atoms with van der Waals surface area (Å²) in [5.74, 6) is 0.439. The van der Waals surface area contributed by atoms with Crippen LogP contribution in [0, 0.1) is 5.41 Å². The summed E-state index contributed by atoms with van der Waals surface area (Å²) in [6, 6.07) is 14.7. The van der Waals surface area contributed by atoms with Crippen LogP contribution in [0.4, 0.5) is 4.79 Å². The van der Waals surface area contributed by atoms with E-state index in [9.17, 15) is 4.79 Å². The molecule has 1 aliphatic carbocycles. The van der Waals surface area contributed by atoms with Gasteiger partial charge in [0.2, 0.25) is 0 Å². The molecule has 2 amide bonds. The lowest BCUT2D eigenvalue weighted by atomic mass is 9.88. The molecule has 4 heteroatoms. The van der Waals surface area contributed by atoms with Gasteiger partial charge in [-0.1, -0.05) is 44.2 Å². The van der Waals surface area contributed by atoms with E-state index < -0.39 is 0 Å². The molecule has 1 aromatic carbocycles. The highest BCUT2D eigenvalue weighted by atomic mass is 16.2. The average Bonchev–Trinajstić information content (AvgIpc) is 3.16. The minimum Gasteiger partial charge on any atom is -0.337 e. The molecule has 0 bridgehead atoms. The van der Waals surface area contributed by atoms with Crippen LogP contribution in [0.3, 0.4) is 0 Å². The molecule has 4 rings (SSSR count). The van der Waals surface area contributed by atoms with Gasteiger partial charge in [0, 0.05) is 43.4 Å². The molecule has 2 aliphatic rings. The highest BCUT2D eigenvalue weighted by Gasteiger charge is 2.61. The van der Waals surface area contributed by atoms with Crippen LogP contribution in [0.1, 0.15) is 37.3 Å². The van der Waals surface area contributed by atoms with Gasteiger partial charge in [0.1, 0.15) is 0 Å². The van der Waals surface area contributed by atoms with E-state index >= 15 is 0 Å². The van der Waals surface area contributed by atoms with Gasteiger partial charge in [-0.3, -0.25) is 4.98 Å². The van der Waals surface area contributed by atoms with Crippen molar-refractivity contribution in [2.24, 2.45) is 5.41 Å². The van der Waals surface area contributed by atoms with Crippen molar-refractivity contribution in [3.63, 3.8) is 0 Å². The van der Waals surface area contributed by atoms with Gasteiger partial charge in [-0.05, 0) is 35.1 Å². The summed E-state index contributed by atoms with van der Waals surface area (Å²) in [5.41, 5.74) is 2.90. The average molecular weight is 335 g/mol. The second-order valence-electron chi connectivity index (χ2n) is 8.05. The van der Waals surface area contributed by atoms with Gasteiger partial charge in [-0.2, -0.15) is 0 Å². The Bertz CT molecular complexity index is 753. The van der Waals surface area contributed by atoms with Crippen LogP contribution in [0.25, 0.3) is 0 Å². The largest absolute Gasteiger partial charge is 0.337 e. The Morgan fingerprint density at radius 3 is 2.40 bits per heavy atom. The van der Waals surface area contributed by atoms with E-state index in [-0.39, 0.29) is 16.9 Å². The summed E-state index contributed by atoms with van der Waals surface area (Å²) in [7, 11) is 0. The number of aromatic nitrogens is 1. The molecule has 1 aromatic heterocycles. The lowest BCUT2D eigenvalue weighted by molar-refractivity contribution is 0.150. The molecule has 1 atom stereocenters. The number of hydrogen-bond donors (Lipinski definition) is 1. The number of likely N-dealkylation sites (tertiary alicyclic amines) is 1. The normalized spacial score (nSPS) is 24.5. The molecule has 1 N–H and O–H groups in total. The summed E-state index contributed by atoms with van der Waals surface area (Å²) in [6.45, 7) is 6.86. The number of amides is 2. The van der Waals surface area contributed by atoms with Gasteiger partial charge in [-0.25, -0.2) is 4.79 Å². The maximum Gasteiger partial charge on any atom is 0.317 e. The number of carbonyl (C=O) groups is 1. The Hall–Kier alpha value is -2.36. The summed E-state index contributed by atoms with van der Waals surface area (Å²) in [5, 5.41) is 3.19. The molecule has 1 saturated carbocycles. The fourth-order valence-corrected chi connectivity index (χ4v) is 4.19. The molecule has 0 radical (unpaired) electrons. The van der Waals surface area contributed by atoms with Crippen molar-refractivity contribution >= 4 is 6.03 Å². The lowest BCUT2D eigenvalue weighted by Crippen LogP contribution is -2.53. The second kappa shape index (κ2) is 5.87. The summed E-state index contributed by atoms with van der Waals surface area (Å²) in [4.78, 5) is 18.5. The summed E-state index contributed by atoms with van der Waals surface area (Å²) in [6.07, 6.45) is 4.75. The van der Waals surface area contributed by atoms with Crippen LogP contribution in [-0.4, -0.2) is 35.5 Å². The maximum atomic E-state index is 12.5. The molecule has 0 spiro atoms. The Balaban J connectivity index is 1.35. The first-order valence-corrected chi connectivity index (χ1v) is 9.00. The predicted octanol–water partition coefficient (Wildman–Crippen LogP) is 3.56. The van der Waals surface area contributed by atoms with Crippen LogP contribution >= 0.6 is 0 Å². The Morgan fingerprint density at radius 1 is 1.16 bits per heavy atom. The van der Waals surface area contributed by atoms with Crippen molar-refractivity contribution < 1.29 is 4.79 Å². The van der Waals surface area contributed by atoms with Crippen molar-refractivity contribution in [1.29, 1.82) is 0 Å². The maximum absolute atomic E-state index is 12.5. The molecule has 4 nitrogen and oxygen atoms in total. The fraction of sp³-hybridized carbons (Fsp3) is 0.429. The third-order valence-electron chi connectivity index (χ3n) is 6.13. The van der Waals surface area contributed by atoms with E-state index in [0.29, 0.717) is 12.5 Å². The van der Waals surface area contributed by atoms with E-state index in [2.05, 4.69) is 48.4 Å². The van der Waals surface area contributed by atoms with E-state index in [1.807, 2.05) is 35.5 Å². The minimum atomic E-state index is 0.0586. The SMILES string of the molecule is CC1(C)CC1(CNC(=O)N1CC(c2ccncc2)C1)c1ccccc1. The van der Waals surface area contributed by atoms with Gasteiger partial charge in [0.15, 0.2) is 0 Å². The van der Waals surface area contributed by atoms with Gasteiger partial charge in [-0.15, -0.1) is 0 Å². The van der Waals surface area contributed by atoms with Crippen LogP contribution in [-0.2, 0) is 5.41 Å². The van der Waals surface area contributed by atoms with Crippen LogP contribution in [0.5, 0.6) is 0 Å². The highest BCUT2D eigenvalue weighted by Crippen LogP contribution is 2.63. The number of benzene rings is 1. The van der Waals surface area contributed by atoms with Crippen molar-refractivity contribution in [2.45, 2.75) is 31.6 Å². The summed E-state index contributed by atoms with van der Waals surface area (Å²) < 4.78 is 0. The number of urea groups is 1. The molecule has 2 aromatic rings. The number of rotatable bonds is 4. The molecule has 2 heterocycles. The van der Waals surface area contributed by atoms with Gasteiger partial charge >= 0.3 is 6.03 Å². The molecule has 25 heavy (non-hydrogen) atoms. The quantitative estimate of drug-likeness (QED) is 0.928. The molecule has 2 fully saturated rings. The minimum absolute atomic E-state index is 0.0586. The number of pyridine rings is 1. The highest BCUT2D eigenvalue weighted by molar-refractivity contribution is 5.75. The lowest BCUT2D eigenvalue weighted by Gasteiger charge is -2.39. The number of hydrogen-bond acceptors (Lipinski definition) is 2. The first kappa shape index (κ1) is 16.1. The third kappa shape index (κ3) is 2.80. The second-order valence-corrected chi connectivity index (χ2v) is 8.05. The van der Waals surface area contributed by atoms with Gasteiger partial charge < -0.3 is 10.2 Å². The van der Waals surface area contributed by atoms with Gasteiger partial charge in [0.05, 0.1) is 0 Å². The van der Waals surface area contributed by atoms with E-state index in [1.165, 1.54) is 11.1 Å². The number of nitrogens with zero attached hydrogens (tertiary/aromatic N) is 2. The molecule has 1 unspecified atom stereocenters. The predicted molar refractivity (Wildman–Crippen MR) is 98.5 cm³/mol. The third-order valence-corrected chi connectivity index (χ3v) is 6.13. The van der Waals surface area contributed by atoms with E-state index in [1.54, 1.807) is 0 Å². The van der Waals surface area contributed by atoms with E-state index in [4.69, 9.17) is 0 Å². The van der Waals surface area contributed by atoms with Crippen LogP contribution in [0.15, 0.2) is 54.9 Å². The van der Waals surface area contributed by atoms with Crippen molar-refractivity contribution in [1.82, 2.24) is 15.2 Å². The van der Waals surface area contributed by atoms with Crippen molar-refractivity contribution in [3.05, 3.63) is 66.0 Å². The number of carbonyl (C=O) groups excluding carboxylic acids is 1. The van der Waals surface area contributed by atoms with Crippen LogP contribution < -0.4 is 5.32 Å². The van der Waals surface area contributed by atoms with Gasteiger partial charge in [0.25, 0.3) is 0 Å². The van der Waals surface area contributed by atoms with E-state index in [0.717, 1.165) is 19.5 Å². The first-order chi connectivity index (χ1) is 12.0. The molecular weight excluding hydrogens is 310 g/mol. The molecule has 1 saturated heterocycles. The van der Waals surface area contributed by atoms with Crippen molar-refractivity contribution in [2.75, 3.05) is 19.6 Å². The molecular formula is C21H25N3O. The Morgan fingerprint density at radius 2 is 1.80 bits per heavy atom. The topological polar surface area (TPSA) is 45.2 Å². The fourth-order valence-electron chi connectivity index (χ4n) is 4.19. The first-order valence-electron chi connectivity index (χ1n) is 9.00. The molecule has 1 aliphatic heterocycles. The summed E-state index contributed by atoms with van der Waals surface area (Å²) >= 11 is 0. The van der Waals surface area contributed by atoms with Crippen molar-refractivity contribution in [3.8, 4) is 0 Å². The zero-order valence-corrected chi connectivity index (χ0v) is 14.9. The van der Waals surface area contributed by atoms with Crippen LogP contribution in [0.2, 0.25) is 0 Å². The smallest absolute Gasteiger partial charge is 0.317 e. The zero-order chi connectivity index (χ0) is 17.5. The zero-order valence-electron chi connectivity index (χ0n) is 14.9. The Labute approximate surface area is 149 Å². The molecule has 130 valence electrons. The Kier molecular flexibility index (Phi) is 3.78. The monoisotopic (exact) mass is 335 g/mol. The standard InChI is InChI=1S/C21H25N3O/c1-20(2)14-21(20,18-6-4-3-5-7-18)15-23-19(25)24-12-17(13-24)16-8-10-22-11-9-16/h3-11,17H,12-15H2,1-2H3,(H,23,25). The number of nitrogens with one attached hydrogen (secondary N) is 1.